The molecule has 0 heterocycles. The molecule has 68 valence electrons. The molecule has 0 heteroatoms. The lowest BCUT2D eigenvalue weighted by atomic mass is 10.0. The summed E-state index contributed by atoms with van der Waals surface area (Å²) in [6, 6.07) is 0. The van der Waals surface area contributed by atoms with Gasteiger partial charge in [0.1, 0.15) is 0 Å². The zero-order valence-corrected chi connectivity index (χ0v) is 8.40. The molecule has 0 saturated heterocycles. The Morgan fingerprint density at radius 2 is 2.08 bits per heavy atom. The van der Waals surface area contributed by atoms with Crippen LogP contribution in [0.3, 0.4) is 0 Å². The smallest absolute Gasteiger partial charge is 0.0130 e. The molecule has 0 radical (unpaired) electrons. The fourth-order valence-electron chi connectivity index (χ4n) is 1.79. The minimum atomic E-state index is 1.22. The Balaban J connectivity index is 2.33. The van der Waals surface area contributed by atoms with Crippen LogP contribution in [0, 0.1) is 0 Å². The molecule has 0 aromatic carbocycles. The molecular weight excluding hydrogens is 144 g/mol. The van der Waals surface area contributed by atoms with E-state index in [1.54, 1.807) is 11.1 Å². The van der Waals surface area contributed by atoms with E-state index in [2.05, 4.69) is 26.0 Å². The highest BCUT2D eigenvalue weighted by atomic mass is 14.1. The van der Waals surface area contributed by atoms with Gasteiger partial charge in [0.25, 0.3) is 0 Å². The molecule has 0 fully saturated rings. The summed E-state index contributed by atoms with van der Waals surface area (Å²) >= 11 is 0. The Bertz CT molecular complexity index is 184. The van der Waals surface area contributed by atoms with Gasteiger partial charge < -0.3 is 0 Å². The summed E-state index contributed by atoms with van der Waals surface area (Å²) in [5, 5.41) is 0. The SMILES string of the molecule is CCCCCC1=C(CC)CC=C1. The maximum absolute atomic E-state index is 2.33. The average molecular weight is 164 g/mol. The summed E-state index contributed by atoms with van der Waals surface area (Å²) in [6.07, 6.45) is 12.5. The largest absolute Gasteiger partial charge is 0.0802 e. The maximum Gasteiger partial charge on any atom is -0.0130 e. The molecule has 0 atom stereocenters. The fraction of sp³-hybridized carbons (Fsp3) is 0.667. The van der Waals surface area contributed by atoms with Crippen LogP contribution >= 0.6 is 0 Å². The lowest BCUT2D eigenvalue weighted by molar-refractivity contribution is 0.715. The summed E-state index contributed by atoms with van der Waals surface area (Å²) in [7, 11) is 0. The topological polar surface area (TPSA) is 0 Å². The van der Waals surface area contributed by atoms with Crippen molar-refractivity contribution in [3.8, 4) is 0 Å². The lowest BCUT2D eigenvalue weighted by Crippen LogP contribution is -1.84. The van der Waals surface area contributed by atoms with Gasteiger partial charge in [-0.25, -0.2) is 0 Å². The molecule has 1 aliphatic carbocycles. The summed E-state index contributed by atoms with van der Waals surface area (Å²) in [6.45, 7) is 4.53. The number of hydrogen-bond donors (Lipinski definition) is 0. The van der Waals surface area contributed by atoms with Gasteiger partial charge in [-0.3, -0.25) is 0 Å². The molecule has 0 amide bonds. The van der Waals surface area contributed by atoms with E-state index < -0.39 is 0 Å². The van der Waals surface area contributed by atoms with Gasteiger partial charge in [0.15, 0.2) is 0 Å². The second kappa shape index (κ2) is 5.18. The van der Waals surface area contributed by atoms with Gasteiger partial charge in [0, 0.05) is 0 Å². The second-order valence-corrected chi connectivity index (χ2v) is 3.55. The van der Waals surface area contributed by atoms with Crippen molar-refractivity contribution >= 4 is 0 Å². The Hall–Kier alpha value is -0.520. The standard InChI is InChI=1S/C12H20/c1-3-5-6-8-12-10-7-9-11(12)4-2/h7,10H,3-6,8-9H2,1-2H3. The molecule has 0 bridgehead atoms. The van der Waals surface area contributed by atoms with Crippen LogP contribution < -0.4 is 0 Å². The summed E-state index contributed by atoms with van der Waals surface area (Å²) in [5.74, 6) is 0. The molecule has 0 N–H and O–H groups in total. The summed E-state index contributed by atoms with van der Waals surface area (Å²) < 4.78 is 0. The predicted molar refractivity (Wildman–Crippen MR) is 55.2 cm³/mol. The minimum absolute atomic E-state index is 1.22. The Labute approximate surface area is 76.4 Å². The molecule has 0 aromatic rings. The quantitative estimate of drug-likeness (QED) is 0.533. The van der Waals surface area contributed by atoms with Gasteiger partial charge in [0.05, 0.1) is 0 Å². The van der Waals surface area contributed by atoms with E-state index in [4.69, 9.17) is 0 Å². The molecule has 1 rings (SSSR count). The zero-order valence-electron chi connectivity index (χ0n) is 8.40. The lowest BCUT2D eigenvalue weighted by Gasteiger charge is -2.03. The van der Waals surface area contributed by atoms with Crippen LogP contribution in [0.5, 0.6) is 0 Å². The van der Waals surface area contributed by atoms with E-state index >= 15 is 0 Å². The van der Waals surface area contributed by atoms with E-state index in [1.807, 2.05) is 0 Å². The van der Waals surface area contributed by atoms with Gasteiger partial charge >= 0.3 is 0 Å². The summed E-state index contributed by atoms with van der Waals surface area (Å²) in [5.41, 5.74) is 3.30. The second-order valence-electron chi connectivity index (χ2n) is 3.55. The van der Waals surface area contributed by atoms with Crippen molar-refractivity contribution in [1.82, 2.24) is 0 Å². The third kappa shape index (κ3) is 2.51. The minimum Gasteiger partial charge on any atom is -0.0802 e. The van der Waals surface area contributed by atoms with Crippen molar-refractivity contribution in [1.29, 1.82) is 0 Å². The maximum atomic E-state index is 2.33. The molecule has 0 nitrogen and oxygen atoms in total. The number of rotatable bonds is 5. The van der Waals surface area contributed by atoms with E-state index in [0.717, 1.165) is 0 Å². The van der Waals surface area contributed by atoms with Crippen molar-refractivity contribution in [3.63, 3.8) is 0 Å². The third-order valence-electron chi connectivity index (χ3n) is 2.61. The van der Waals surface area contributed by atoms with Gasteiger partial charge in [-0.1, -0.05) is 44.4 Å². The Morgan fingerprint density at radius 1 is 1.25 bits per heavy atom. The van der Waals surface area contributed by atoms with E-state index in [1.165, 1.54) is 38.5 Å². The zero-order chi connectivity index (χ0) is 8.81. The fourth-order valence-corrected chi connectivity index (χ4v) is 1.79. The molecule has 12 heavy (non-hydrogen) atoms. The number of unbranched alkanes of at least 4 members (excludes halogenated alkanes) is 2. The number of hydrogen-bond acceptors (Lipinski definition) is 0. The first-order valence-electron chi connectivity index (χ1n) is 5.26. The molecule has 0 saturated carbocycles. The van der Waals surface area contributed by atoms with Crippen molar-refractivity contribution in [2.24, 2.45) is 0 Å². The highest BCUT2D eigenvalue weighted by molar-refractivity contribution is 5.33. The molecule has 0 aliphatic heterocycles. The van der Waals surface area contributed by atoms with Crippen molar-refractivity contribution in [3.05, 3.63) is 23.3 Å². The van der Waals surface area contributed by atoms with Crippen LogP contribution in [0.2, 0.25) is 0 Å². The van der Waals surface area contributed by atoms with Crippen molar-refractivity contribution in [2.45, 2.75) is 52.4 Å². The molecular formula is C12H20. The van der Waals surface area contributed by atoms with Gasteiger partial charge in [0.2, 0.25) is 0 Å². The van der Waals surface area contributed by atoms with Gasteiger partial charge in [-0.15, -0.1) is 0 Å². The predicted octanol–water partition coefficient (Wildman–Crippen LogP) is 4.23. The van der Waals surface area contributed by atoms with Gasteiger partial charge in [-0.2, -0.15) is 0 Å². The molecule has 0 spiro atoms. The highest BCUT2D eigenvalue weighted by Crippen LogP contribution is 2.25. The highest BCUT2D eigenvalue weighted by Gasteiger charge is 2.05. The normalized spacial score (nSPS) is 16.2. The first-order valence-corrected chi connectivity index (χ1v) is 5.26. The average Bonchev–Trinajstić information content (AvgIpc) is 2.52. The van der Waals surface area contributed by atoms with Crippen LogP contribution in [-0.4, -0.2) is 0 Å². The van der Waals surface area contributed by atoms with Gasteiger partial charge in [-0.05, 0) is 31.3 Å². The number of allylic oxidation sites excluding steroid dienone is 4. The monoisotopic (exact) mass is 164 g/mol. The van der Waals surface area contributed by atoms with Crippen molar-refractivity contribution in [2.75, 3.05) is 0 Å². The Morgan fingerprint density at radius 3 is 2.75 bits per heavy atom. The summed E-state index contributed by atoms with van der Waals surface area (Å²) in [4.78, 5) is 0. The van der Waals surface area contributed by atoms with E-state index in [-0.39, 0.29) is 0 Å². The molecule has 0 unspecified atom stereocenters. The third-order valence-corrected chi connectivity index (χ3v) is 2.61. The van der Waals surface area contributed by atoms with Crippen LogP contribution in [0.25, 0.3) is 0 Å². The van der Waals surface area contributed by atoms with Crippen LogP contribution in [0.15, 0.2) is 23.3 Å². The first-order chi connectivity index (χ1) is 5.88. The molecule has 0 aromatic heterocycles. The first kappa shape index (κ1) is 9.57. The molecule has 1 aliphatic rings. The van der Waals surface area contributed by atoms with Crippen LogP contribution in [0.1, 0.15) is 52.4 Å². The van der Waals surface area contributed by atoms with Crippen molar-refractivity contribution < 1.29 is 0 Å². The Kier molecular flexibility index (Phi) is 4.13. The van der Waals surface area contributed by atoms with Crippen LogP contribution in [-0.2, 0) is 0 Å². The van der Waals surface area contributed by atoms with E-state index in [0.29, 0.717) is 0 Å². The van der Waals surface area contributed by atoms with E-state index in [9.17, 15) is 0 Å². The van der Waals surface area contributed by atoms with Crippen LogP contribution in [0.4, 0.5) is 0 Å².